The van der Waals surface area contributed by atoms with Crippen LogP contribution in [0.15, 0.2) is 11.2 Å². The van der Waals surface area contributed by atoms with E-state index in [1.165, 1.54) is 0 Å². The first-order chi connectivity index (χ1) is 10.1. The Labute approximate surface area is 117 Å². The second-order valence-electron chi connectivity index (χ2n) is 4.00. The van der Waals surface area contributed by atoms with Gasteiger partial charge in [0.15, 0.2) is 5.71 Å². The molecule has 2 rings (SSSR count). The van der Waals surface area contributed by atoms with Crippen LogP contribution in [0, 0.1) is 15.9 Å². The van der Waals surface area contributed by atoms with Gasteiger partial charge in [-0.15, -0.1) is 0 Å². The highest BCUT2D eigenvalue weighted by atomic mass is 19.4. The summed E-state index contributed by atoms with van der Waals surface area (Å²) < 4.78 is 51.9. The minimum absolute atomic E-state index is 0.0766. The van der Waals surface area contributed by atoms with Crippen molar-refractivity contribution in [1.29, 1.82) is 0 Å². The van der Waals surface area contributed by atoms with Crippen LogP contribution in [0.5, 0.6) is 0 Å². The average molecular weight is 321 g/mol. The zero-order valence-corrected chi connectivity index (χ0v) is 10.1. The number of anilines is 1. The largest absolute Gasteiger partial charge is 0.419 e. The third kappa shape index (κ3) is 2.13. The fourth-order valence-electron chi connectivity index (χ4n) is 1.86. The van der Waals surface area contributed by atoms with Crippen LogP contribution >= 0.6 is 0 Å². The number of nitrogens with one attached hydrogen (secondary N) is 1. The van der Waals surface area contributed by atoms with Gasteiger partial charge in [0.1, 0.15) is 11.1 Å². The van der Waals surface area contributed by atoms with Crippen molar-refractivity contribution in [1.82, 2.24) is 0 Å². The summed E-state index contributed by atoms with van der Waals surface area (Å²) in [5, 5.41) is 23.5. The molecule has 0 radical (unpaired) electrons. The number of nitrogens with zero attached hydrogens (tertiary/aromatic N) is 2. The number of alkyl halides is 3. The molecule has 1 aliphatic rings. The molecule has 0 aliphatic carbocycles. The summed E-state index contributed by atoms with van der Waals surface area (Å²) in [7, 11) is 0. The Bertz CT molecular complexity index is 756. The smallest absolute Gasteiger partial charge is 0.410 e. The number of nitro benzene ring substituents is 1. The maximum absolute atomic E-state index is 13.8. The van der Waals surface area contributed by atoms with E-state index in [0.717, 1.165) is 0 Å². The summed E-state index contributed by atoms with van der Waals surface area (Å²) in [5.74, 6) is -5.30. The Morgan fingerprint density at radius 3 is 2.36 bits per heavy atom. The minimum atomic E-state index is -5.29. The Kier molecular flexibility index (Phi) is 3.31. The molecule has 22 heavy (non-hydrogen) atoms. The quantitative estimate of drug-likeness (QED) is 0.266. The number of rotatable bonds is 1. The number of nitro groups is 1. The van der Waals surface area contributed by atoms with Crippen LogP contribution in [0.2, 0.25) is 0 Å². The number of carbonyl (C=O) groups is 2. The summed E-state index contributed by atoms with van der Waals surface area (Å²) >= 11 is 0. The second-order valence-corrected chi connectivity index (χ2v) is 4.00. The number of benzene rings is 1. The maximum Gasteiger partial charge on any atom is 0.419 e. The van der Waals surface area contributed by atoms with Crippen molar-refractivity contribution < 1.29 is 37.3 Å². The van der Waals surface area contributed by atoms with Crippen LogP contribution < -0.4 is 5.32 Å². The summed E-state index contributed by atoms with van der Waals surface area (Å²) in [6.45, 7) is 0. The topological polar surface area (TPSA) is 122 Å². The lowest BCUT2D eigenvalue weighted by Gasteiger charge is -2.19. The van der Waals surface area contributed by atoms with Crippen LogP contribution in [0.4, 0.5) is 28.9 Å². The van der Waals surface area contributed by atoms with E-state index in [1.54, 1.807) is 5.32 Å². The molecule has 8 nitrogen and oxygen atoms in total. The van der Waals surface area contributed by atoms with Gasteiger partial charge < -0.3 is 10.5 Å². The first kappa shape index (κ1) is 15.3. The molecule has 2 N–H and O–H groups in total. The average Bonchev–Trinajstić information content (AvgIpc) is 2.38. The molecule has 1 amide bonds. The number of amides is 1. The molecule has 0 atom stereocenters. The van der Waals surface area contributed by atoms with Crippen molar-refractivity contribution in [3.05, 3.63) is 33.1 Å². The molecular weight excluding hydrogens is 318 g/mol. The predicted molar refractivity (Wildman–Crippen MR) is 60.0 cm³/mol. The molecular formula is C10H3F4N3O5. The number of Topliss-reactive ketones (excluding diaryl/α,β-unsaturated/α-hetero) is 1. The molecule has 0 bridgehead atoms. The molecule has 0 unspecified atom stereocenters. The van der Waals surface area contributed by atoms with E-state index >= 15 is 0 Å². The van der Waals surface area contributed by atoms with Gasteiger partial charge in [0.25, 0.3) is 11.7 Å². The Morgan fingerprint density at radius 2 is 1.91 bits per heavy atom. The molecule has 1 heterocycles. The summed E-state index contributed by atoms with van der Waals surface area (Å²) in [6, 6.07) is 0.0766. The molecule has 0 aromatic heterocycles. The lowest BCUT2D eigenvalue weighted by atomic mass is 9.95. The van der Waals surface area contributed by atoms with Crippen molar-refractivity contribution in [2.24, 2.45) is 5.16 Å². The van der Waals surface area contributed by atoms with Gasteiger partial charge in [-0.3, -0.25) is 19.7 Å². The van der Waals surface area contributed by atoms with Gasteiger partial charge in [-0.2, -0.15) is 17.6 Å². The van der Waals surface area contributed by atoms with E-state index in [1.807, 2.05) is 0 Å². The van der Waals surface area contributed by atoms with E-state index in [9.17, 15) is 37.3 Å². The Hall–Kier alpha value is -3.05. The van der Waals surface area contributed by atoms with Crippen LogP contribution in [0.25, 0.3) is 0 Å². The van der Waals surface area contributed by atoms with E-state index in [-0.39, 0.29) is 6.07 Å². The Morgan fingerprint density at radius 1 is 1.32 bits per heavy atom. The normalized spacial score (nSPS) is 16.5. The fourth-order valence-corrected chi connectivity index (χ4v) is 1.86. The van der Waals surface area contributed by atoms with Crippen molar-refractivity contribution >= 4 is 28.8 Å². The Balaban J connectivity index is 2.94. The number of fused-ring (bicyclic) bond motifs is 1. The van der Waals surface area contributed by atoms with Crippen LogP contribution in [-0.2, 0) is 15.8 Å². The number of hydrogen-bond acceptors (Lipinski definition) is 6. The third-order valence-electron chi connectivity index (χ3n) is 2.73. The van der Waals surface area contributed by atoms with Gasteiger partial charge in [0.05, 0.1) is 10.6 Å². The van der Waals surface area contributed by atoms with Gasteiger partial charge in [-0.05, 0) is 6.07 Å². The number of halogens is 4. The lowest BCUT2D eigenvalue weighted by molar-refractivity contribution is -0.388. The molecule has 1 aromatic rings. The van der Waals surface area contributed by atoms with E-state index < -0.39 is 56.8 Å². The summed E-state index contributed by atoms with van der Waals surface area (Å²) in [6.07, 6.45) is -5.29. The fraction of sp³-hybridized carbons (Fsp3) is 0.100. The number of carbonyl (C=O) groups excluding carboxylic acids is 2. The number of hydrogen-bond donors (Lipinski definition) is 2. The molecule has 1 aromatic carbocycles. The van der Waals surface area contributed by atoms with Crippen LogP contribution in [0.1, 0.15) is 11.1 Å². The molecule has 1 aliphatic heterocycles. The van der Waals surface area contributed by atoms with Crippen molar-refractivity contribution in [3.63, 3.8) is 0 Å². The second kappa shape index (κ2) is 4.75. The van der Waals surface area contributed by atoms with E-state index in [2.05, 4.69) is 5.16 Å². The SMILES string of the molecule is O=C1Nc2cc(C(F)(F)F)c(F)c([N+](=O)[O-])c2/C(=N/O)C1=O. The molecule has 12 heteroatoms. The number of oxime groups is 1. The molecule has 116 valence electrons. The summed E-state index contributed by atoms with van der Waals surface area (Å²) in [5.41, 5.74) is -6.87. The highest BCUT2D eigenvalue weighted by molar-refractivity contribution is 6.72. The molecule has 0 fully saturated rings. The maximum atomic E-state index is 13.8. The zero-order valence-electron chi connectivity index (χ0n) is 10.1. The first-order valence-electron chi connectivity index (χ1n) is 5.25. The van der Waals surface area contributed by atoms with Gasteiger partial charge in [-0.1, -0.05) is 5.16 Å². The van der Waals surface area contributed by atoms with E-state index in [0.29, 0.717) is 0 Å². The lowest BCUT2D eigenvalue weighted by Crippen LogP contribution is -2.37. The molecule has 0 saturated carbocycles. The zero-order chi connectivity index (χ0) is 16.8. The van der Waals surface area contributed by atoms with Gasteiger partial charge in [-0.25, -0.2) is 0 Å². The minimum Gasteiger partial charge on any atom is -0.410 e. The highest BCUT2D eigenvalue weighted by Crippen LogP contribution is 2.41. The van der Waals surface area contributed by atoms with Crippen molar-refractivity contribution in [3.8, 4) is 0 Å². The summed E-state index contributed by atoms with van der Waals surface area (Å²) in [4.78, 5) is 32.0. The first-order valence-corrected chi connectivity index (χ1v) is 5.25. The highest BCUT2D eigenvalue weighted by Gasteiger charge is 2.45. The van der Waals surface area contributed by atoms with Gasteiger partial charge in [0, 0.05) is 0 Å². The van der Waals surface area contributed by atoms with Gasteiger partial charge >= 0.3 is 11.9 Å². The predicted octanol–water partition coefficient (Wildman–Crippen LogP) is 1.45. The van der Waals surface area contributed by atoms with Crippen LogP contribution in [0.3, 0.4) is 0 Å². The van der Waals surface area contributed by atoms with Gasteiger partial charge in [0.2, 0.25) is 5.82 Å². The number of ketones is 1. The van der Waals surface area contributed by atoms with E-state index in [4.69, 9.17) is 5.21 Å². The molecule has 0 saturated heterocycles. The van der Waals surface area contributed by atoms with Crippen LogP contribution in [-0.4, -0.2) is 27.5 Å². The third-order valence-corrected chi connectivity index (χ3v) is 2.73. The van der Waals surface area contributed by atoms with Crippen molar-refractivity contribution in [2.45, 2.75) is 6.18 Å². The van der Waals surface area contributed by atoms with Crippen molar-refractivity contribution in [2.75, 3.05) is 5.32 Å². The standard InChI is InChI=1S/C10H3F4N3O5/c11-5-2(10(12,13)14)1-3-4(7(5)17(21)22)6(16-20)8(18)9(19)15-3/h1,20H,(H,15,19)/b16-6-. The molecule has 0 spiro atoms. The monoisotopic (exact) mass is 321 g/mol.